The molecule has 2 nitrogen and oxygen atoms in total. The molecule has 0 saturated carbocycles. The van der Waals surface area contributed by atoms with Gasteiger partial charge in [-0.3, -0.25) is 4.99 Å². The van der Waals surface area contributed by atoms with Crippen LogP contribution in [-0.2, 0) is 0 Å². The first-order valence-corrected chi connectivity index (χ1v) is 5.66. The fourth-order valence-corrected chi connectivity index (χ4v) is 2.01. The van der Waals surface area contributed by atoms with E-state index in [2.05, 4.69) is 24.2 Å². The minimum absolute atomic E-state index is 0.679. The highest BCUT2D eigenvalue weighted by Crippen LogP contribution is 2.18. The molecule has 0 aliphatic carbocycles. The zero-order valence-electron chi connectivity index (χ0n) is 7.97. The summed E-state index contributed by atoms with van der Waals surface area (Å²) in [5, 5.41) is 5.19. The lowest BCUT2D eigenvalue weighted by Crippen LogP contribution is -2.20. The van der Waals surface area contributed by atoms with Gasteiger partial charge in [0.15, 0.2) is 5.17 Å². The molecule has 3 heteroatoms. The molecule has 1 unspecified atom stereocenters. The molecule has 0 radical (unpaired) electrons. The van der Waals surface area contributed by atoms with Crippen molar-refractivity contribution in [1.29, 1.82) is 0 Å². The van der Waals surface area contributed by atoms with Gasteiger partial charge in [0.1, 0.15) is 0 Å². The average molecular weight is 186 g/mol. The smallest absolute Gasteiger partial charge is 0.156 e. The standard InChI is InChI=1S/C9H18N2S/c1-3-4-5-6-10-9-11-7-8(2)12-9/h8H,3-7H2,1-2H3,(H,10,11). The van der Waals surface area contributed by atoms with Crippen molar-refractivity contribution in [3.8, 4) is 0 Å². The Balaban J connectivity index is 2.00. The molecule has 0 spiro atoms. The maximum Gasteiger partial charge on any atom is 0.156 e. The first-order valence-electron chi connectivity index (χ1n) is 4.78. The summed E-state index contributed by atoms with van der Waals surface area (Å²) >= 11 is 1.86. The number of nitrogens with zero attached hydrogens (tertiary/aromatic N) is 1. The molecule has 0 aromatic heterocycles. The van der Waals surface area contributed by atoms with Gasteiger partial charge in [0, 0.05) is 11.8 Å². The van der Waals surface area contributed by atoms with Crippen LogP contribution >= 0.6 is 11.8 Å². The van der Waals surface area contributed by atoms with Gasteiger partial charge < -0.3 is 5.32 Å². The number of amidine groups is 1. The predicted molar refractivity (Wildman–Crippen MR) is 56.9 cm³/mol. The summed E-state index contributed by atoms with van der Waals surface area (Å²) in [7, 11) is 0. The van der Waals surface area contributed by atoms with Crippen LogP contribution in [0.1, 0.15) is 33.1 Å². The van der Waals surface area contributed by atoms with E-state index in [0.717, 1.165) is 18.3 Å². The lowest BCUT2D eigenvalue weighted by molar-refractivity contribution is 0.698. The topological polar surface area (TPSA) is 24.4 Å². The highest BCUT2D eigenvalue weighted by molar-refractivity contribution is 8.14. The lowest BCUT2D eigenvalue weighted by atomic mass is 10.2. The van der Waals surface area contributed by atoms with Gasteiger partial charge >= 0.3 is 0 Å². The van der Waals surface area contributed by atoms with Gasteiger partial charge in [-0.15, -0.1) is 0 Å². The highest BCUT2D eigenvalue weighted by atomic mass is 32.2. The van der Waals surface area contributed by atoms with Crippen LogP contribution in [0.2, 0.25) is 0 Å². The molecular weight excluding hydrogens is 168 g/mol. The van der Waals surface area contributed by atoms with Gasteiger partial charge in [0.05, 0.1) is 6.54 Å². The highest BCUT2D eigenvalue weighted by Gasteiger charge is 2.13. The molecule has 1 aliphatic heterocycles. The molecule has 1 aliphatic rings. The predicted octanol–water partition coefficient (Wildman–Crippen LogP) is 2.26. The zero-order chi connectivity index (χ0) is 8.81. The van der Waals surface area contributed by atoms with Crippen LogP contribution in [0, 0.1) is 0 Å². The van der Waals surface area contributed by atoms with E-state index >= 15 is 0 Å². The monoisotopic (exact) mass is 186 g/mol. The maximum atomic E-state index is 4.38. The summed E-state index contributed by atoms with van der Waals surface area (Å²) in [6, 6.07) is 0. The van der Waals surface area contributed by atoms with Crippen LogP contribution in [0.5, 0.6) is 0 Å². The molecule has 0 fully saturated rings. The molecule has 0 aromatic rings. The first kappa shape index (κ1) is 9.90. The number of hydrogen-bond acceptors (Lipinski definition) is 3. The second-order valence-corrected chi connectivity index (χ2v) is 4.64. The fraction of sp³-hybridized carbons (Fsp3) is 0.889. The van der Waals surface area contributed by atoms with E-state index in [-0.39, 0.29) is 0 Å². The SMILES string of the molecule is CCCCCNC1=NCC(C)S1. The van der Waals surface area contributed by atoms with Crippen LogP contribution in [0.4, 0.5) is 0 Å². The van der Waals surface area contributed by atoms with E-state index < -0.39 is 0 Å². The van der Waals surface area contributed by atoms with E-state index in [0.29, 0.717) is 5.25 Å². The largest absolute Gasteiger partial charge is 0.365 e. The number of aliphatic imine (C=N–C) groups is 1. The maximum absolute atomic E-state index is 4.38. The summed E-state index contributed by atoms with van der Waals surface area (Å²) < 4.78 is 0. The number of nitrogens with one attached hydrogen (secondary N) is 1. The van der Waals surface area contributed by atoms with E-state index in [1.54, 1.807) is 0 Å². The molecule has 1 atom stereocenters. The van der Waals surface area contributed by atoms with Crippen LogP contribution < -0.4 is 5.32 Å². The van der Waals surface area contributed by atoms with Gasteiger partial charge in [0.2, 0.25) is 0 Å². The quantitative estimate of drug-likeness (QED) is 0.681. The van der Waals surface area contributed by atoms with Crippen molar-refractivity contribution in [2.45, 2.75) is 38.4 Å². The van der Waals surface area contributed by atoms with Crippen LogP contribution in [0.25, 0.3) is 0 Å². The molecule has 0 amide bonds. The fourth-order valence-electron chi connectivity index (χ4n) is 1.14. The molecule has 1 heterocycles. The Kier molecular flexibility index (Phi) is 4.51. The molecule has 0 saturated heterocycles. The Hall–Kier alpha value is -0.180. The minimum Gasteiger partial charge on any atom is -0.365 e. The van der Waals surface area contributed by atoms with Crippen molar-refractivity contribution in [2.75, 3.05) is 13.1 Å². The molecular formula is C9H18N2S. The first-order chi connectivity index (χ1) is 5.83. The van der Waals surface area contributed by atoms with Gasteiger partial charge in [-0.05, 0) is 6.42 Å². The Labute approximate surface area is 79.2 Å². The minimum atomic E-state index is 0.679. The summed E-state index contributed by atoms with van der Waals surface area (Å²) in [5.41, 5.74) is 0. The molecule has 1 rings (SSSR count). The van der Waals surface area contributed by atoms with Gasteiger partial charge in [0.25, 0.3) is 0 Å². The van der Waals surface area contributed by atoms with Crippen molar-refractivity contribution in [3.05, 3.63) is 0 Å². The van der Waals surface area contributed by atoms with Crippen molar-refractivity contribution >= 4 is 16.9 Å². The third-order valence-corrected chi connectivity index (χ3v) is 2.91. The summed E-state index contributed by atoms with van der Waals surface area (Å²) in [6.45, 7) is 6.52. The van der Waals surface area contributed by atoms with Gasteiger partial charge in [-0.25, -0.2) is 0 Å². The average Bonchev–Trinajstić information content (AvgIpc) is 2.45. The van der Waals surface area contributed by atoms with Gasteiger partial charge in [-0.1, -0.05) is 38.5 Å². The summed E-state index contributed by atoms with van der Waals surface area (Å²) in [5.74, 6) is 0. The van der Waals surface area contributed by atoms with Crippen molar-refractivity contribution in [3.63, 3.8) is 0 Å². The van der Waals surface area contributed by atoms with Gasteiger partial charge in [-0.2, -0.15) is 0 Å². The Morgan fingerprint density at radius 2 is 2.42 bits per heavy atom. The zero-order valence-corrected chi connectivity index (χ0v) is 8.78. The second-order valence-electron chi connectivity index (χ2n) is 3.21. The molecule has 0 bridgehead atoms. The Morgan fingerprint density at radius 3 is 3.00 bits per heavy atom. The van der Waals surface area contributed by atoms with Crippen LogP contribution in [-0.4, -0.2) is 23.5 Å². The van der Waals surface area contributed by atoms with E-state index in [9.17, 15) is 0 Å². The van der Waals surface area contributed by atoms with Crippen molar-refractivity contribution < 1.29 is 0 Å². The van der Waals surface area contributed by atoms with Crippen molar-refractivity contribution in [1.82, 2.24) is 5.32 Å². The summed E-state index contributed by atoms with van der Waals surface area (Å²) in [6.07, 6.45) is 3.88. The van der Waals surface area contributed by atoms with E-state index in [1.165, 1.54) is 19.3 Å². The summed E-state index contributed by atoms with van der Waals surface area (Å²) in [4.78, 5) is 4.38. The normalized spacial score (nSPS) is 22.5. The molecule has 70 valence electrons. The number of thioether (sulfide) groups is 1. The number of rotatable bonds is 4. The second kappa shape index (κ2) is 5.46. The van der Waals surface area contributed by atoms with Crippen LogP contribution in [0.3, 0.4) is 0 Å². The van der Waals surface area contributed by atoms with Crippen LogP contribution in [0.15, 0.2) is 4.99 Å². The molecule has 0 aromatic carbocycles. The lowest BCUT2D eigenvalue weighted by Gasteiger charge is -2.04. The third kappa shape index (κ3) is 3.48. The molecule has 1 N–H and O–H groups in total. The van der Waals surface area contributed by atoms with E-state index in [4.69, 9.17) is 0 Å². The van der Waals surface area contributed by atoms with E-state index in [1.807, 2.05) is 11.8 Å². The third-order valence-electron chi connectivity index (χ3n) is 1.86. The molecule has 12 heavy (non-hydrogen) atoms. The number of hydrogen-bond donors (Lipinski definition) is 1. The van der Waals surface area contributed by atoms with Crippen molar-refractivity contribution in [2.24, 2.45) is 4.99 Å². The Morgan fingerprint density at radius 1 is 1.58 bits per heavy atom. The number of unbranched alkanes of at least 4 members (excludes halogenated alkanes) is 2. The Bertz CT molecular complexity index is 157.